The molecule has 0 amide bonds. The van der Waals surface area contributed by atoms with Gasteiger partial charge in [-0.1, -0.05) is 6.42 Å². The highest BCUT2D eigenvalue weighted by molar-refractivity contribution is 5.93. The summed E-state index contributed by atoms with van der Waals surface area (Å²) in [4.78, 5) is 14.2. The van der Waals surface area contributed by atoms with Crippen LogP contribution in [0.25, 0.3) is 10.9 Å². The zero-order valence-corrected chi connectivity index (χ0v) is 8.86. The number of aromatic carboxylic acids is 1. The van der Waals surface area contributed by atoms with Crippen molar-refractivity contribution in [3.63, 3.8) is 0 Å². The van der Waals surface area contributed by atoms with Crippen LogP contribution in [0.5, 0.6) is 0 Å². The molecule has 0 saturated heterocycles. The molecule has 1 aliphatic rings. The number of fused-ring (bicyclic) bond motifs is 1. The van der Waals surface area contributed by atoms with E-state index < -0.39 is 5.97 Å². The minimum absolute atomic E-state index is 0.353. The van der Waals surface area contributed by atoms with Crippen LogP contribution in [0.3, 0.4) is 0 Å². The lowest BCUT2D eigenvalue weighted by molar-refractivity contribution is 0.0697. The van der Waals surface area contributed by atoms with E-state index in [0.717, 1.165) is 10.9 Å². The molecule has 0 radical (unpaired) electrons. The molecule has 2 aromatic rings. The molecule has 16 heavy (non-hydrogen) atoms. The summed E-state index contributed by atoms with van der Waals surface area (Å²) in [5.41, 5.74) is 2.64. The molecule has 1 aromatic carbocycles. The van der Waals surface area contributed by atoms with E-state index >= 15 is 0 Å². The lowest BCUT2D eigenvalue weighted by atomic mass is 9.83. The third-order valence-corrected chi connectivity index (χ3v) is 3.43. The molecule has 0 spiro atoms. The number of aromatic nitrogens is 1. The lowest BCUT2D eigenvalue weighted by Gasteiger charge is -2.23. The second-order valence-electron chi connectivity index (χ2n) is 4.46. The van der Waals surface area contributed by atoms with Gasteiger partial charge in [0.05, 0.1) is 5.56 Å². The van der Waals surface area contributed by atoms with Crippen molar-refractivity contribution in [2.24, 2.45) is 0 Å². The predicted molar refractivity (Wildman–Crippen MR) is 61.9 cm³/mol. The lowest BCUT2D eigenvalue weighted by Crippen LogP contribution is -2.08. The molecule has 1 heterocycles. The van der Waals surface area contributed by atoms with Gasteiger partial charge in [0, 0.05) is 16.6 Å². The van der Waals surface area contributed by atoms with E-state index in [9.17, 15) is 4.79 Å². The van der Waals surface area contributed by atoms with Crippen LogP contribution in [0.15, 0.2) is 24.3 Å². The van der Waals surface area contributed by atoms with Crippen LogP contribution >= 0.6 is 0 Å². The number of rotatable bonds is 2. The van der Waals surface area contributed by atoms with Crippen molar-refractivity contribution in [2.45, 2.75) is 25.2 Å². The molecule has 1 aliphatic carbocycles. The third-order valence-electron chi connectivity index (χ3n) is 3.43. The number of carboxylic acid groups (broad SMARTS) is 1. The van der Waals surface area contributed by atoms with Crippen molar-refractivity contribution in [1.82, 2.24) is 4.98 Å². The Morgan fingerprint density at radius 3 is 2.75 bits per heavy atom. The molecule has 2 N–H and O–H groups in total. The number of carboxylic acids is 1. The van der Waals surface area contributed by atoms with Gasteiger partial charge in [0.1, 0.15) is 0 Å². The molecule has 0 atom stereocenters. The Bertz CT molecular complexity index is 552. The van der Waals surface area contributed by atoms with E-state index in [1.807, 2.05) is 6.07 Å². The van der Waals surface area contributed by atoms with Gasteiger partial charge in [-0.3, -0.25) is 0 Å². The average Bonchev–Trinajstić information content (AvgIpc) is 2.56. The highest BCUT2D eigenvalue weighted by atomic mass is 16.4. The molecule has 3 rings (SSSR count). The van der Waals surface area contributed by atoms with Crippen molar-refractivity contribution in [2.75, 3.05) is 0 Å². The van der Waals surface area contributed by atoms with E-state index in [-0.39, 0.29) is 0 Å². The van der Waals surface area contributed by atoms with Gasteiger partial charge in [0.25, 0.3) is 0 Å². The smallest absolute Gasteiger partial charge is 0.335 e. The first-order valence-corrected chi connectivity index (χ1v) is 5.60. The SMILES string of the molecule is O=C(O)c1ccc2[nH]c(C3CCC3)cc2c1. The van der Waals surface area contributed by atoms with Crippen LogP contribution in [0.1, 0.15) is 41.2 Å². The summed E-state index contributed by atoms with van der Waals surface area (Å²) in [7, 11) is 0. The number of carbonyl (C=O) groups is 1. The standard InChI is InChI=1S/C13H13NO2/c15-13(16)9-4-5-11-10(6-9)7-12(14-11)8-2-1-3-8/h4-8,14H,1-3H2,(H,15,16). The molecule has 82 valence electrons. The summed E-state index contributed by atoms with van der Waals surface area (Å²) in [6, 6.07) is 7.31. The van der Waals surface area contributed by atoms with Gasteiger partial charge in [-0.2, -0.15) is 0 Å². The zero-order chi connectivity index (χ0) is 11.1. The molecule has 1 saturated carbocycles. The van der Waals surface area contributed by atoms with Crippen molar-refractivity contribution in [3.05, 3.63) is 35.5 Å². The molecule has 3 nitrogen and oxygen atoms in total. The van der Waals surface area contributed by atoms with E-state index in [1.54, 1.807) is 12.1 Å². The summed E-state index contributed by atoms with van der Waals surface area (Å²) >= 11 is 0. The molecule has 0 aliphatic heterocycles. The Balaban J connectivity index is 2.06. The van der Waals surface area contributed by atoms with Crippen molar-refractivity contribution >= 4 is 16.9 Å². The van der Waals surface area contributed by atoms with Crippen LogP contribution in [0.2, 0.25) is 0 Å². The normalized spacial score (nSPS) is 16.2. The monoisotopic (exact) mass is 215 g/mol. The van der Waals surface area contributed by atoms with Crippen molar-refractivity contribution in [1.29, 1.82) is 0 Å². The van der Waals surface area contributed by atoms with Crippen LogP contribution in [-0.4, -0.2) is 16.1 Å². The molecule has 1 aromatic heterocycles. The fourth-order valence-electron chi connectivity index (χ4n) is 2.23. The van der Waals surface area contributed by atoms with Crippen LogP contribution in [-0.2, 0) is 0 Å². The Morgan fingerprint density at radius 1 is 1.31 bits per heavy atom. The second-order valence-corrected chi connectivity index (χ2v) is 4.46. The average molecular weight is 215 g/mol. The number of hydrogen-bond acceptors (Lipinski definition) is 1. The first-order chi connectivity index (χ1) is 7.74. The highest BCUT2D eigenvalue weighted by Gasteiger charge is 2.21. The summed E-state index contributed by atoms with van der Waals surface area (Å²) in [5.74, 6) is -0.214. The summed E-state index contributed by atoms with van der Waals surface area (Å²) in [5, 5.41) is 9.91. The first-order valence-electron chi connectivity index (χ1n) is 5.60. The van der Waals surface area contributed by atoms with Gasteiger partial charge in [0.2, 0.25) is 0 Å². The maximum absolute atomic E-state index is 10.8. The fourth-order valence-corrected chi connectivity index (χ4v) is 2.23. The van der Waals surface area contributed by atoms with Crippen LogP contribution in [0.4, 0.5) is 0 Å². The van der Waals surface area contributed by atoms with Crippen molar-refractivity contribution in [3.8, 4) is 0 Å². The number of aromatic amines is 1. The highest BCUT2D eigenvalue weighted by Crippen LogP contribution is 2.37. The maximum Gasteiger partial charge on any atom is 0.335 e. The number of benzene rings is 1. The molecular weight excluding hydrogens is 202 g/mol. The molecular formula is C13H13NO2. The van der Waals surface area contributed by atoms with E-state index in [0.29, 0.717) is 11.5 Å². The Labute approximate surface area is 93.1 Å². The van der Waals surface area contributed by atoms with Gasteiger partial charge in [-0.15, -0.1) is 0 Å². The van der Waals surface area contributed by atoms with Crippen LogP contribution in [0, 0.1) is 0 Å². The van der Waals surface area contributed by atoms with Gasteiger partial charge < -0.3 is 10.1 Å². The molecule has 3 heteroatoms. The number of hydrogen-bond donors (Lipinski definition) is 2. The number of H-pyrrole nitrogens is 1. The molecule has 1 fully saturated rings. The quantitative estimate of drug-likeness (QED) is 0.808. The Hall–Kier alpha value is -1.77. The van der Waals surface area contributed by atoms with Crippen molar-refractivity contribution < 1.29 is 9.90 Å². The van der Waals surface area contributed by atoms with Gasteiger partial charge in [-0.25, -0.2) is 4.79 Å². The first kappa shape index (κ1) is 9.46. The van der Waals surface area contributed by atoms with Gasteiger partial charge in [0.15, 0.2) is 0 Å². The number of nitrogens with one attached hydrogen (secondary N) is 1. The topological polar surface area (TPSA) is 53.1 Å². The molecule has 0 bridgehead atoms. The summed E-state index contributed by atoms with van der Waals surface area (Å²) in [6.07, 6.45) is 3.80. The van der Waals surface area contributed by atoms with Gasteiger partial charge >= 0.3 is 5.97 Å². The summed E-state index contributed by atoms with van der Waals surface area (Å²) in [6.45, 7) is 0. The van der Waals surface area contributed by atoms with E-state index in [4.69, 9.17) is 5.11 Å². The minimum atomic E-state index is -0.867. The minimum Gasteiger partial charge on any atom is -0.478 e. The van der Waals surface area contributed by atoms with E-state index in [1.165, 1.54) is 25.0 Å². The maximum atomic E-state index is 10.8. The molecule has 0 unspecified atom stereocenters. The zero-order valence-electron chi connectivity index (χ0n) is 8.86. The fraction of sp³-hybridized carbons (Fsp3) is 0.308. The van der Waals surface area contributed by atoms with E-state index in [2.05, 4.69) is 11.1 Å². The largest absolute Gasteiger partial charge is 0.478 e. The summed E-state index contributed by atoms with van der Waals surface area (Å²) < 4.78 is 0. The second kappa shape index (κ2) is 3.37. The Kier molecular flexibility index (Phi) is 1.99. The third kappa shape index (κ3) is 1.40. The Morgan fingerprint density at radius 2 is 2.12 bits per heavy atom. The van der Waals surface area contributed by atoms with Crippen LogP contribution < -0.4 is 0 Å². The predicted octanol–water partition coefficient (Wildman–Crippen LogP) is 3.13. The van der Waals surface area contributed by atoms with Gasteiger partial charge in [-0.05, 0) is 43.0 Å².